The van der Waals surface area contributed by atoms with E-state index in [-0.39, 0.29) is 60.7 Å². The quantitative estimate of drug-likeness (QED) is 0.0769. The van der Waals surface area contributed by atoms with Crippen molar-refractivity contribution in [2.24, 2.45) is 17.4 Å². The van der Waals surface area contributed by atoms with E-state index < -0.39 is 59.1 Å². The second-order valence-electron chi connectivity index (χ2n) is 12.7. The van der Waals surface area contributed by atoms with Crippen molar-refractivity contribution >= 4 is 16.9 Å². The van der Waals surface area contributed by atoms with Gasteiger partial charge in [0.15, 0.2) is 0 Å². The average Bonchev–Trinajstić information content (AvgIpc) is 2.94. The predicted octanol–water partition coefficient (Wildman–Crippen LogP) is 7.09. The highest BCUT2D eigenvalue weighted by Gasteiger charge is 2.37. The standard InChI is InChI=1S/C33H41F5N2O6/c1-30(2,39)19-26(31(3,4)40)29(42)45-15-7-13-32(34,35)12-6-14-44-22-9-8-20-16-24(28(41)46-27(20)18-22)23-11-10-21(43-5)17-25(23)33(36,37)38/h8-11,16-18,26H,6-7,12-15,19,39-40H2,1-5H3. The van der Waals surface area contributed by atoms with E-state index in [0.29, 0.717) is 5.39 Å². The first-order valence-corrected chi connectivity index (χ1v) is 14.8. The van der Waals surface area contributed by atoms with Gasteiger partial charge in [0.05, 0.1) is 37.4 Å². The summed E-state index contributed by atoms with van der Waals surface area (Å²) in [6.45, 7) is 6.65. The maximum atomic E-state index is 14.5. The van der Waals surface area contributed by atoms with Crippen molar-refractivity contribution in [1.29, 1.82) is 0 Å². The van der Waals surface area contributed by atoms with Gasteiger partial charge in [-0.25, -0.2) is 13.6 Å². The Bertz CT molecular complexity index is 1560. The van der Waals surface area contributed by atoms with Crippen molar-refractivity contribution in [3.63, 3.8) is 0 Å². The summed E-state index contributed by atoms with van der Waals surface area (Å²) in [6, 6.07) is 8.91. The van der Waals surface area contributed by atoms with Gasteiger partial charge in [0, 0.05) is 40.9 Å². The summed E-state index contributed by atoms with van der Waals surface area (Å²) in [5, 5.41) is 0.339. The SMILES string of the molecule is COc1ccc(-c2cc3ccc(OCCCC(F)(F)CCCOC(=O)C(CC(C)(C)N)C(C)(C)N)cc3oc2=O)c(C(F)(F)F)c1. The molecule has 1 atom stereocenters. The summed E-state index contributed by atoms with van der Waals surface area (Å²) in [6.07, 6.45) is -5.48. The van der Waals surface area contributed by atoms with E-state index in [9.17, 15) is 31.5 Å². The van der Waals surface area contributed by atoms with Crippen LogP contribution < -0.4 is 26.6 Å². The van der Waals surface area contributed by atoms with Crippen molar-refractivity contribution in [3.8, 4) is 22.6 Å². The molecule has 0 bridgehead atoms. The molecular formula is C33H41F5N2O6. The van der Waals surface area contributed by atoms with Gasteiger partial charge in [0.25, 0.3) is 0 Å². The highest BCUT2D eigenvalue weighted by atomic mass is 19.4. The number of carbonyl (C=O) groups excluding carboxylic acids is 1. The van der Waals surface area contributed by atoms with E-state index in [1.54, 1.807) is 27.7 Å². The lowest BCUT2D eigenvalue weighted by Crippen LogP contribution is -2.50. The van der Waals surface area contributed by atoms with Gasteiger partial charge >= 0.3 is 17.8 Å². The number of methoxy groups -OCH3 is 1. The summed E-state index contributed by atoms with van der Waals surface area (Å²) in [5.41, 5.74) is 7.97. The van der Waals surface area contributed by atoms with E-state index in [2.05, 4.69) is 0 Å². The van der Waals surface area contributed by atoms with Crippen molar-refractivity contribution in [1.82, 2.24) is 0 Å². The average molecular weight is 657 g/mol. The van der Waals surface area contributed by atoms with Crippen LogP contribution in [0.15, 0.2) is 51.7 Å². The number of nitrogens with two attached hydrogens (primary N) is 2. The molecule has 0 spiro atoms. The molecule has 0 radical (unpaired) electrons. The Morgan fingerprint density at radius 3 is 2.09 bits per heavy atom. The van der Waals surface area contributed by atoms with Crippen molar-refractivity contribution in [3.05, 3.63) is 58.4 Å². The number of rotatable bonds is 15. The number of fused-ring (bicyclic) bond motifs is 1. The Balaban J connectivity index is 1.54. The zero-order chi connectivity index (χ0) is 34.5. The highest BCUT2D eigenvalue weighted by molar-refractivity contribution is 5.83. The Morgan fingerprint density at radius 1 is 0.870 bits per heavy atom. The Kier molecular flexibility index (Phi) is 11.5. The van der Waals surface area contributed by atoms with E-state index in [1.807, 2.05) is 0 Å². The lowest BCUT2D eigenvalue weighted by Gasteiger charge is -2.33. The third-order valence-corrected chi connectivity index (χ3v) is 7.33. The molecule has 254 valence electrons. The smallest absolute Gasteiger partial charge is 0.417 e. The van der Waals surface area contributed by atoms with Crippen LogP contribution >= 0.6 is 0 Å². The molecule has 0 aliphatic rings. The molecule has 1 heterocycles. The number of alkyl halides is 5. The minimum Gasteiger partial charge on any atom is -0.497 e. The van der Waals surface area contributed by atoms with Crippen LogP contribution in [0.25, 0.3) is 22.1 Å². The Hall–Kier alpha value is -3.71. The largest absolute Gasteiger partial charge is 0.497 e. The summed E-state index contributed by atoms with van der Waals surface area (Å²) in [5.74, 6) is -4.07. The molecule has 1 unspecified atom stereocenters. The van der Waals surface area contributed by atoms with Crippen LogP contribution in [-0.4, -0.2) is 43.3 Å². The van der Waals surface area contributed by atoms with Gasteiger partial charge < -0.3 is 30.1 Å². The van der Waals surface area contributed by atoms with Gasteiger partial charge in [-0.1, -0.05) is 0 Å². The van der Waals surface area contributed by atoms with Crippen LogP contribution in [0, 0.1) is 5.92 Å². The number of halogens is 5. The second kappa shape index (κ2) is 14.4. The zero-order valence-electron chi connectivity index (χ0n) is 26.6. The molecule has 2 aromatic carbocycles. The van der Waals surface area contributed by atoms with Gasteiger partial charge in [-0.15, -0.1) is 0 Å². The van der Waals surface area contributed by atoms with Gasteiger partial charge in [0.1, 0.15) is 17.1 Å². The Morgan fingerprint density at radius 2 is 1.50 bits per heavy atom. The minimum atomic E-state index is -4.75. The molecule has 0 saturated heterocycles. The molecule has 13 heteroatoms. The van der Waals surface area contributed by atoms with Gasteiger partial charge in [0.2, 0.25) is 5.92 Å². The molecule has 0 saturated carbocycles. The fourth-order valence-corrected chi connectivity index (χ4v) is 4.92. The molecule has 3 aromatic rings. The number of hydrogen-bond donors (Lipinski definition) is 2. The van der Waals surface area contributed by atoms with Crippen LogP contribution in [0.3, 0.4) is 0 Å². The van der Waals surface area contributed by atoms with Crippen molar-refractivity contribution in [2.75, 3.05) is 20.3 Å². The Labute approximate surface area is 264 Å². The molecule has 46 heavy (non-hydrogen) atoms. The number of hydrogen-bond acceptors (Lipinski definition) is 8. The van der Waals surface area contributed by atoms with Crippen molar-refractivity contribution < 1.29 is 45.4 Å². The second-order valence-corrected chi connectivity index (χ2v) is 12.7. The zero-order valence-corrected chi connectivity index (χ0v) is 26.6. The highest BCUT2D eigenvalue weighted by Crippen LogP contribution is 2.39. The first-order valence-electron chi connectivity index (χ1n) is 14.8. The summed E-state index contributed by atoms with van der Waals surface area (Å²) in [4.78, 5) is 25.3. The fraction of sp³-hybridized carbons (Fsp3) is 0.515. The number of esters is 1. The summed E-state index contributed by atoms with van der Waals surface area (Å²) >= 11 is 0. The maximum Gasteiger partial charge on any atom is 0.417 e. The maximum absolute atomic E-state index is 14.5. The molecule has 0 fully saturated rings. The monoisotopic (exact) mass is 656 g/mol. The fourth-order valence-electron chi connectivity index (χ4n) is 4.92. The van der Waals surface area contributed by atoms with Crippen molar-refractivity contribution in [2.45, 2.75) is 83.0 Å². The van der Waals surface area contributed by atoms with Crippen LogP contribution in [0.5, 0.6) is 11.5 Å². The summed E-state index contributed by atoms with van der Waals surface area (Å²) in [7, 11) is 1.23. The first-order chi connectivity index (χ1) is 21.2. The molecule has 4 N–H and O–H groups in total. The van der Waals surface area contributed by atoms with E-state index in [0.717, 1.165) is 12.1 Å². The summed E-state index contributed by atoms with van der Waals surface area (Å²) < 4.78 is 91.0. The molecule has 1 aromatic heterocycles. The number of benzene rings is 2. The number of ether oxygens (including phenoxy) is 3. The van der Waals surface area contributed by atoms with Crippen LogP contribution in [0.4, 0.5) is 22.0 Å². The van der Waals surface area contributed by atoms with Crippen LogP contribution in [-0.2, 0) is 15.7 Å². The molecule has 3 rings (SSSR count). The first kappa shape index (κ1) is 36.8. The van der Waals surface area contributed by atoms with E-state index in [1.165, 1.54) is 37.4 Å². The van der Waals surface area contributed by atoms with Gasteiger partial charge in [-0.3, -0.25) is 4.79 Å². The number of carbonyl (C=O) groups is 1. The molecular weight excluding hydrogens is 615 g/mol. The molecule has 0 amide bonds. The van der Waals surface area contributed by atoms with Gasteiger partial charge in [-0.05, 0) is 83.4 Å². The lowest BCUT2D eigenvalue weighted by molar-refractivity contribution is -0.152. The van der Waals surface area contributed by atoms with Gasteiger partial charge in [-0.2, -0.15) is 13.2 Å². The third kappa shape index (κ3) is 10.4. The van der Waals surface area contributed by atoms with Crippen LogP contribution in [0.1, 0.15) is 65.4 Å². The minimum absolute atomic E-state index is 0.000416. The lowest BCUT2D eigenvalue weighted by atomic mass is 9.80. The van der Waals surface area contributed by atoms with E-state index in [4.69, 9.17) is 30.1 Å². The molecule has 8 nitrogen and oxygen atoms in total. The van der Waals surface area contributed by atoms with E-state index >= 15 is 0 Å². The topological polar surface area (TPSA) is 127 Å². The van der Waals surface area contributed by atoms with Crippen LogP contribution in [0.2, 0.25) is 0 Å². The predicted molar refractivity (Wildman–Crippen MR) is 164 cm³/mol. The normalized spacial score (nSPS) is 13.5. The third-order valence-electron chi connectivity index (χ3n) is 7.33. The molecule has 0 aliphatic carbocycles. The molecule has 0 aliphatic heterocycles.